The van der Waals surface area contributed by atoms with E-state index < -0.39 is 0 Å². The zero-order valence-corrected chi connectivity index (χ0v) is 18.1. The van der Waals surface area contributed by atoms with E-state index in [1.165, 1.54) is 13.5 Å². The summed E-state index contributed by atoms with van der Waals surface area (Å²) in [7, 11) is 3.24. The molecule has 0 saturated carbocycles. The Balaban J connectivity index is 0.00000576. The number of rotatable bonds is 11. The van der Waals surface area contributed by atoms with Crippen molar-refractivity contribution in [3.05, 3.63) is 0 Å². The Labute approximate surface area is 169 Å². The molecule has 2 N–H and O–H groups in total. The number of methoxy groups -OCH3 is 1. The van der Waals surface area contributed by atoms with Crippen LogP contribution in [0.3, 0.4) is 0 Å². The van der Waals surface area contributed by atoms with E-state index in [0.29, 0.717) is 6.42 Å². The van der Waals surface area contributed by atoms with E-state index in [2.05, 4.69) is 25.3 Å². The predicted octanol–water partition coefficient (Wildman–Crippen LogP) is 1.62. The van der Waals surface area contributed by atoms with Gasteiger partial charge in [-0.25, -0.2) is 0 Å². The molecule has 1 saturated heterocycles. The van der Waals surface area contributed by atoms with Crippen molar-refractivity contribution < 1.29 is 14.3 Å². The van der Waals surface area contributed by atoms with Crippen molar-refractivity contribution in [2.75, 3.05) is 60.1 Å². The van der Waals surface area contributed by atoms with Crippen LogP contribution in [0.4, 0.5) is 0 Å². The van der Waals surface area contributed by atoms with Gasteiger partial charge in [-0.3, -0.25) is 14.7 Å². The lowest BCUT2D eigenvalue weighted by molar-refractivity contribution is -0.140. The molecular formula is C17H35IN4O3. The summed E-state index contributed by atoms with van der Waals surface area (Å²) in [4.78, 5) is 17.6. The van der Waals surface area contributed by atoms with Gasteiger partial charge in [0.2, 0.25) is 0 Å². The average molecular weight is 470 g/mol. The van der Waals surface area contributed by atoms with Gasteiger partial charge in [-0.15, -0.1) is 24.0 Å². The number of ether oxygens (including phenoxy) is 2. The number of halogens is 1. The maximum atomic E-state index is 11.0. The van der Waals surface area contributed by atoms with E-state index in [-0.39, 0.29) is 29.9 Å². The van der Waals surface area contributed by atoms with Gasteiger partial charge in [0.1, 0.15) is 0 Å². The normalized spacial score (nSPS) is 15.4. The number of guanidine groups is 1. The molecule has 0 bridgehead atoms. The van der Waals surface area contributed by atoms with Crippen molar-refractivity contribution in [1.82, 2.24) is 15.5 Å². The first-order chi connectivity index (χ1) is 11.8. The molecule has 1 rings (SSSR count). The molecule has 0 amide bonds. The minimum Gasteiger partial charge on any atom is -0.469 e. The molecule has 0 atom stereocenters. The fourth-order valence-electron chi connectivity index (χ4n) is 2.61. The van der Waals surface area contributed by atoms with Gasteiger partial charge in [0.05, 0.1) is 20.3 Å². The molecule has 0 aliphatic carbocycles. The molecule has 1 heterocycles. The molecule has 0 aromatic heterocycles. The Hall–Kier alpha value is -0.610. The number of nitrogens with one attached hydrogen (secondary N) is 2. The molecule has 25 heavy (non-hydrogen) atoms. The summed E-state index contributed by atoms with van der Waals surface area (Å²) in [5.41, 5.74) is 0. The van der Waals surface area contributed by atoms with E-state index in [1.54, 1.807) is 7.05 Å². The Morgan fingerprint density at radius 3 is 2.40 bits per heavy atom. The molecule has 8 heteroatoms. The molecule has 0 aromatic rings. The zero-order valence-electron chi connectivity index (χ0n) is 15.7. The third-order valence-electron chi connectivity index (χ3n) is 4.13. The lowest BCUT2D eigenvalue weighted by Gasteiger charge is -2.26. The first-order valence-electron chi connectivity index (χ1n) is 9.07. The summed E-state index contributed by atoms with van der Waals surface area (Å²) in [5, 5.41) is 6.70. The minimum absolute atomic E-state index is 0. The van der Waals surface area contributed by atoms with Gasteiger partial charge >= 0.3 is 5.97 Å². The van der Waals surface area contributed by atoms with E-state index in [4.69, 9.17) is 4.74 Å². The third kappa shape index (κ3) is 13.3. The van der Waals surface area contributed by atoms with Crippen molar-refractivity contribution in [2.45, 2.75) is 38.5 Å². The molecule has 0 spiro atoms. The van der Waals surface area contributed by atoms with Crippen LogP contribution in [-0.2, 0) is 14.3 Å². The van der Waals surface area contributed by atoms with Crippen molar-refractivity contribution in [2.24, 2.45) is 4.99 Å². The van der Waals surface area contributed by atoms with Gasteiger partial charge < -0.3 is 20.1 Å². The number of carbonyl (C=O) groups excluding carboxylic acids is 1. The molecule has 148 valence electrons. The molecule has 1 fully saturated rings. The number of nitrogens with zero attached hydrogens (tertiary/aromatic N) is 2. The summed E-state index contributed by atoms with van der Waals surface area (Å²) < 4.78 is 9.97. The first kappa shape index (κ1) is 24.4. The van der Waals surface area contributed by atoms with Crippen LogP contribution in [-0.4, -0.2) is 76.9 Å². The quantitative estimate of drug-likeness (QED) is 0.157. The van der Waals surface area contributed by atoms with Crippen LogP contribution >= 0.6 is 24.0 Å². The molecule has 0 aromatic carbocycles. The zero-order chi connectivity index (χ0) is 17.5. The van der Waals surface area contributed by atoms with E-state index in [1.807, 2.05) is 0 Å². The Bertz CT molecular complexity index is 364. The summed E-state index contributed by atoms with van der Waals surface area (Å²) in [6, 6.07) is 0. The fourth-order valence-corrected chi connectivity index (χ4v) is 2.61. The molecule has 1 aliphatic rings. The highest BCUT2D eigenvalue weighted by Gasteiger charge is 2.09. The highest BCUT2D eigenvalue weighted by Crippen LogP contribution is 2.05. The number of unbranched alkanes of at least 4 members (excludes halogenated alkanes) is 4. The number of morpholine rings is 1. The average Bonchev–Trinajstić information content (AvgIpc) is 2.62. The van der Waals surface area contributed by atoms with Gasteiger partial charge in [0, 0.05) is 46.2 Å². The highest BCUT2D eigenvalue weighted by atomic mass is 127. The van der Waals surface area contributed by atoms with Crippen LogP contribution in [0, 0.1) is 0 Å². The Morgan fingerprint density at radius 1 is 1.08 bits per heavy atom. The summed E-state index contributed by atoms with van der Waals surface area (Å²) in [6.07, 6.45) is 5.98. The molecular weight excluding hydrogens is 435 g/mol. The second-order valence-corrected chi connectivity index (χ2v) is 5.97. The Kier molecular flexibility index (Phi) is 16.4. The van der Waals surface area contributed by atoms with Crippen molar-refractivity contribution >= 4 is 35.9 Å². The molecule has 0 unspecified atom stereocenters. The van der Waals surface area contributed by atoms with Gasteiger partial charge in [0.25, 0.3) is 0 Å². The van der Waals surface area contributed by atoms with Crippen LogP contribution in [0.2, 0.25) is 0 Å². The highest BCUT2D eigenvalue weighted by molar-refractivity contribution is 14.0. The van der Waals surface area contributed by atoms with Crippen molar-refractivity contribution in [1.29, 1.82) is 0 Å². The first-order valence-corrected chi connectivity index (χ1v) is 9.07. The van der Waals surface area contributed by atoms with Gasteiger partial charge in [0.15, 0.2) is 5.96 Å². The van der Waals surface area contributed by atoms with Gasteiger partial charge in [-0.05, 0) is 12.8 Å². The molecule has 7 nitrogen and oxygen atoms in total. The van der Waals surface area contributed by atoms with E-state index in [0.717, 1.165) is 77.6 Å². The summed E-state index contributed by atoms with van der Waals surface area (Å²) >= 11 is 0. The third-order valence-corrected chi connectivity index (χ3v) is 4.13. The van der Waals surface area contributed by atoms with Crippen molar-refractivity contribution in [3.8, 4) is 0 Å². The lowest BCUT2D eigenvalue weighted by atomic mass is 10.1. The largest absolute Gasteiger partial charge is 0.469 e. The van der Waals surface area contributed by atoms with E-state index >= 15 is 0 Å². The predicted molar refractivity (Wildman–Crippen MR) is 112 cm³/mol. The second-order valence-electron chi connectivity index (χ2n) is 5.97. The van der Waals surface area contributed by atoms with Crippen LogP contribution in [0.25, 0.3) is 0 Å². The van der Waals surface area contributed by atoms with Crippen molar-refractivity contribution in [3.63, 3.8) is 0 Å². The Morgan fingerprint density at radius 2 is 1.72 bits per heavy atom. The monoisotopic (exact) mass is 470 g/mol. The number of carbonyl (C=O) groups is 1. The minimum atomic E-state index is -0.108. The summed E-state index contributed by atoms with van der Waals surface area (Å²) in [6.45, 7) is 6.55. The number of hydrogen-bond donors (Lipinski definition) is 2. The SMILES string of the molecule is CN=C(NCCCCCCCC(=O)OC)NCCN1CCOCC1.I. The maximum absolute atomic E-state index is 11.0. The fraction of sp³-hybridized carbons (Fsp3) is 0.882. The number of esters is 1. The molecule has 0 radical (unpaired) electrons. The topological polar surface area (TPSA) is 75.2 Å². The number of hydrogen-bond acceptors (Lipinski definition) is 5. The molecule has 1 aliphatic heterocycles. The van der Waals surface area contributed by atoms with Crippen LogP contribution < -0.4 is 10.6 Å². The van der Waals surface area contributed by atoms with Gasteiger partial charge in [-0.2, -0.15) is 0 Å². The van der Waals surface area contributed by atoms with Gasteiger partial charge in [-0.1, -0.05) is 19.3 Å². The maximum Gasteiger partial charge on any atom is 0.305 e. The number of aliphatic imine (C=N–C) groups is 1. The summed E-state index contributed by atoms with van der Waals surface area (Å²) in [5.74, 6) is 0.762. The smallest absolute Gasteiger partial charge is 0.305 e. The lowest BCUT2D eigenvalue weighted by Crippen LogP contribution is -2.44. The van der Waals surface area contributed by atoms with Crippen LogP contribution in [0.5, 0.6) is 0 Å². The standard InChI is InChI=1S/C17H34N4O3.HI/c1-18-17(20-10-11-21-12-14-24-15-13-21)19-9-7-5-3-4-6-8-16(22)23-2;/h3-15H2,1-2H3,(H2,18,19,20);1H. The van der Waals surface area contributed by atoms with Crippen LogP contribution in [0.1, 0.15) is 38.5 Å². The second kappa shape index (κ2) is 16.8. The van der Waals surface area contributed by atoms with E-state index in [9.17, 15) is 4.79 Å². The van der Waals surface area contributed by atoms with Crippen LogP contribution in [0.15, 0.2) is 4.99 Å².